The van der Waals surface area contributed by atoms with E-state index in [1.165, 1.54) is 0 Å². The van der Waals surface area contributed by atoms with Gasteiger partial charge in [0.2, 0.25) is 0 Å². The maximum atomic E-state index is 12.9. The van der Waals surface area contributed by atoms with Crippen LogP contribution in [0.5, 0.6) is 0 Å². The van der Waals surface area contributed by atoms with Crippen molar-refractivity contribution >= 4 is 47.3 Å². The fourth-order valence-corrected chi connectivity index (χ4v) is 5.04. The highest BCUT2D eigenvalue weighted by molar-refractivity contribution is 6.08. The number of ether oxygens (including phenoxy) is 2. The third-order valence-corrected chi connectivity index (χ3v) is 7.26. The summed E-state index contributed by atoms with van der Waals surface area (Å²) in [4.78, 5) is 39.0. The van der Waals surface area contributed by atoms with E-state index < -0.39 is 0 Å². The van der Waals surface area contributed by atoms with Crippen molar-refractivity contribution < 1.29 is 19.1 Å². The summed E-state index contributed by atoms with van der Waals surface area (Å²) in [5.74, 6) is 1.31. The minimum Gasteiger partial charge on any atom is -0.378 e. The number of amidine groups is 2. The molecule has 0 spiro atoms. The summed E-state index contributed by atoms with van der Waals surface area (Å²) in [6.07, 6.45) is 0. The van der Waals surface area contributed by atoms with Crippen molar-refractivity contribution in [3.8, 4) is 0 Å². The number of rotatable bonds is 6. The Bertz CT molecular complexity index is 1320. The van der Waals surface area contributed by atoms with Crippen LogP contribution in [0.3, 0.4) is 0 Å². The predicted octanol–water partition coefficient (Wildman–Crippen LogP) is 4.03. The second kappa shape index (κ2) is 15.3. The largest absolute Gasteiger partial charge is 0.378 e. The molecule has 2 heterocycles. The molecule has 3 aromatic rings. The van der Waals surface area contributed by atoms with Crippen LogP contribution in [-0.4, -0.2) is 100.0 Å². The SMILES string of the molecule is CN=C(c1ccc(NC(=O)c2ccc(C(=O)Nc3ccc(C(=NC)N4CCOCC4)cc3)cc2)cc1)N1CCOCC1.Cl. The van der Waals surface area contributed by atoms with E-state index in [0.717, 1.165) is 49.0 Å². The van der Waals surface area contributed by atoms with E-state index in [4.69, 9.17) is 9.47 Å². The smallest absolute Gasteiger partial charge is 0.255 e. The Morgan fingerprint density at radius 2 is 0.860 bits per heavy atom. The number of morpholine rings is 2. The molecule has 2 amide bonds. The number of hydrogen-bond acceptors (Lipinski definition) is 6. The summed E-state index contributed by atoms with van der Waals surface area (Å²) < 4.78 is 10.9. The van der Waals surface area contributed by atoms with Gasteiger partial charge in [0.05, 0.1) is 26.4 Å². The average Bonchev–Trinajstić information content (AvgIpc) is 3.04. The first-order chi connectivity index (χ1) is 20.6. The highest BCUT2D eigenvalue weighted by Crippen LogP contribution is 2.17. The van der Waals surface area contributed by atoms with Gasteiger partial charge in [-0.05, 0) is 72.8 Å². The van der Waals surface area contributed by atoms with E-state index in [1.54, 1.807) is 38.4 Å². The van der Waals surface area contributed by atoms with Gasteiger partial charge in [0.25, 0.3) is 11.8 Å². The minimum absolute atomic E-state index is 0. The van der Waals surface area contributed by atoms with Gasteiger partial charge in [0.15, 0.2) is 0 Å². The molecule has 2 fully saturated rings. The van der Waals surface area contributed by atoms with Crippen LogP contribution in [0.2, 0.25) is 0 Å². The van der Waals surface area contributed by atoms with E-state index in [9.17, 15) is 9.59 Å². The molecule has 0 aliphatic carbocycles. The van der Waals surface area contributed by atoms with Crippen LogP contribution in [0.1, 0.15) is 31.8 Å². The van der Waals surface area contributed by atoms with Crippen molar-refractivity contribution in [2.24, 2.45) is 9.98 Å². The average molecular weight is 605 g/mol. The lowest BCUT2D eigenvalue weighted by molar-refractivity contribution is 0.0682. The molecular weight excluding hydrogens is 568 g/mol. The number of hydrogen-bond donors (Lipinski definition) is 2. The van der Waals surface area contributed by atoms with Gasteiger partial charge in [-0.1, -0.05) is 0 Å². The maximum absolute atomic E-state index is 12.9. The van der Waals surface area contributed by atoms with Crippen molar-refractivity contribution in [2.75, 3.05) is 77.3 Å². The van der Waals surface area contributed by atoms with Crippen LogP contribution in [0.4, 0.5) is 11.4 Å². The Kier molecular flexibility index (Phi) is 11.3. The molecule has 0 bridgehead atoms. The third kappa shape index (κ3) is 7.98. The zero-order valence-corrected chi connectivity index (χ0v) is 25.2. The summed E-state index contributed by atoms with van der Waals surface area (Å²) in [5, 5.41) is 5.84. The van der Waals surface area contributed by atoms with E-state index in [-0.39, 0.29) is 24.2 Å². The van der Waals surface area contributed by atoms with Crippen LogP contribution in [0, 0.1) is 0 Å². The first-order valence-corrected chi connectivity index (χ1v) is 14.1. The van der Waals surface area contributed by atoms with E-state index in [0.29, 0.717) is 48.9 Å². The molecule has 2 aliphatic heterocycles. The summed E-state index contributed by atoms with van der Waals surface area (Å²) in [5.41, 5.74) is 4.24. The number of anilines is 2. The number of benzene rings is 3. The van der Waals surface area contributed by atoms with Crippen LogP contribution in [0.25, 0.3) is 0 Å². The number of aliphatic imine (C=N–C) groups is 2. The third-order valence-electron chi connectivity index (χ3n) is 7.26. The predicted molar refractivity (Wildman–Crippen MR) is 172 cm³/mol. The molecule has 2 saturated heterocycles. The van der Waals surface area contributed by atoms with Crippen molar-refractivity contribution in [3.63, 3.8) is 0 Å². The lowest BCUT2D eigenvalue weighted by atomic mass is 10.1. The topological polar surface area (TPSA) is 108 Å². The highest BCUT2D eigenvalue weighted by atomic mass is 35.5. The highest BCUT2D eigenvalue weighted by Gasteiger charge is 2.18. The molecule has 2 aliphatic rings. The number of nitrogens with one attached hydrogen (secondary N) is 2. The zero-order valence-electron chi connectivity index (χ0n) is 24.4. The second-order valence-corrected chi connectivity index (χ2v) is 9.93. The minimum atomic E-state index is -0.253. The van der Waals surface area contributed by atoms with Crippen LogP contribution >= 0.6 is 12.4 Å². The van der Waals surface area contributed by atoms with Gasteiger partial charge in [0, 0.05) is 73.9 Å². The Hall–Kier alpha value is -4.25. The number of carbonyl (C=O) groups is 2. The van der Waals surface area contributed by atoms with Crippen molar-refractivity contribution in [1.29, 1.82) is 0 Å². The summed E-state index contributed by atoms with van der Waals surface area (Å²) in [6.45, 7) is 5.95. The Labute approximate surface area is 258 Å². The molecule has 11 heteroatoms. The first-order valence-electron chi connectivity index (χ1n) is 14.1. The number of halogens is 1. The van der Waals surface area contributed by atoms with Gasteiger partial charge in [0.1, 0.15) is 11.7 Å². The maximum Gasteiger partial charge on any atom is 0.255 e. The zero-order chi connectivity index (χ0) is 29.3. The van der Waals surface area contributed by atoms with Crippen LogP contribution in [-0.2, 0) is 9.47 Å². The molecule has 226 valence electrons. The van der Waals surface area contributed by atoms with Gasteiger partial charge in [-0.3, -0.25) is 19.6 Å². The monoisotopic (exact) mass is 604 g/mol. The number of amides is 2. The summed E-state index contributed by atoms with van der Waals surface area (Å²) in [6, 6.07) is 21.8. The Morgan fingerprint density at radius 1 is 0.558 bits per heavy atom. The molecule has 3 aromatic carbocycles. The quantitative estimate of drug-likeness (QED) is 0.325. The van der Waals surface area contributed by atoms with Crippen LogP contribution in [0.15, 0.2) is 82.8 Å². The molecule has 10 nitrogen and oxygen atoms in total. The Balaban J connectivity index is 0.00000423. The molecule has 5 rings (SSSR count). The molecule has 43 heavy (non-hydrogen) atoms. The molecular formula is C32H37ClN6O4. The fourth-order valence-electron chi connectivity index (χ4n) is 5.04. The number of nitrogens with zero attached hydrogens (tertiary/aromatic N) is 4. The molecule has 0 aromatic heterocycles. The van der Waals surface area contributed by atoms with Gasteiger partial charge in [-0.2, -0.15) is 0 Å². The van der Waals surface area contributed by atoms with Crippen molar-refractivity contribution in [1.82, 2.24) is 9.80 Å². The lowest BCUT2D eigenvalue weighted by Crippen LogP contribution is -2.41. The molecule has 0 saturated carbocycles. The standard InChI is InChI=1S/C32H36N6O4.ClH/c1-33-29(37-15-19-41-20-16-37)23-7-11-27(12-8-23)35-31(39)25-3-5-26(6-4-25)32(40)36-28-13-9-24(10-14-28)30(34-2)38-17-21-42-22-18-38;/h3-14H,15-22H2,1-2H3,(H,35,39)(H,36,40);1H. The van der Waals surface area contributed by atoms with Gasteiger partial charge < -0.3 is 29.9 Å². The summed E-state index contributed by atoms with van der Waals surface area (Å²) in [7, 11) is 3.57. The van der Waals surface area contributed by atoms with Crippen molar-refractivity contribution in [2.45, 2.75) is 0 Å². The first kappa shape index (κ1) is 31.7. The molecule has 0 atom stereocenters. The second-order valence-electron chi connectivity index (χ2n) is 9.93. The Morgan fingerprint density at radius 3 is 1.16 bits per heavy atom. The van der Waals surface area contributed by atoms with Crippen molar-refractivity contribution in [3.05, 3.63) is 95.1 Å². The van der Waals surface area contributed by atoms with Gasteiger partial charge in [-0.15, -0.1) is 12.4 Å². The van der Waals surface area contributed by atoms with Crippen LogP contribution < -0.4 is 10.6 Å². The van der Waals surface area contributed by atoms with E-state index in [2.05, 4.69) is 30.4 Å². The number of carbonyl (C=O) groups excluding carboxylic acids is 2. The molecule has 0 radical (unpaired) electrons. The van der Waals surface area contributed by atoms with Gasteiger partial charge in [-0.25, -0.2) is 0 Å². The fraction of sp³-hybridized carbons (Fsp3) is 0.312. The van der Waals surface area contributed by atoms with Gasteiger partial charge >= 0.3 is 0 Å². The lowest BCUT2D eigenvalue weighted by Gasteiger charge is -2.29. The molecule has 0 unspecified atom stereocenters. The molecule has 2 N–H and O–H groups in total. The van der Waals surface area contributed by atoms with E-state index in [1.807, 2.05) is 48.5 Å². The summed E-state index contributed by atoms with van der Waals surface area (Å²) >= 11 is 0. The van der Waals surface area contributed by atoms with E-state index >= 15 is 0 Å². The normalized spacial score (nSPS) is 15.9.